The quantitative estimate of drug-likeness (QED) is 0.729. The smallest absolute Gasteiger partial charge is 0.222 e. The average Bonchev–Trinajstić information content (AvgIpc) is 2.77. The number of anilines is 1. The minimum absolute atomic E-state index is 0.119. The second-order valence-electron chi connectivity index (χ2n) is 8.31. The van der Waals surface area contributed by atoms with Crippen molar-refractivity contribution in [2.75, 3.05) is 51.3 Å². The second kappa shape index (κ2) is 11.2. The first-order valence-electron chi connectivity index (χ1n) is 10.9. The number of piperazine rings is 1. The van der Waals surface area contributed by atoms with Gasteiger partial charge in [0.15, 0.2) is 0 Å². The Bertz CT molecular complexity index is 686. The fourth-order valence-electron chi connectivity index (χ4n) is 4.46. The number of hydrogen-bond donors (Lipinski definition) is 1. The zero-order chi connectivity index (χ0) is 20.5. The Morgan fingerprint density at radius 3 is 2.66 bits per heavy atom. The third kappa shape index (κ3) is 6.73. The molecular weight excluding hydrogens is 364 g/mol. The summed E-state index contributed by atoms with van der Waals surface area (Å²) >= 11 is 0. The number of nitriles is 1. The van der Waals surface area contributed by atoms with Crippen LogP contribution in [0.5, 0.6) is 0 Å². The Labute approximate surface area is 174 Å². The number of rotatable bonds is 8. The fraction of sp³-hybridized carbons (Fsp3) is 0.652. The van der Waals surface area contributed by atoms with Crippen LogP contribution in [0.25, 0.3) is 0 Å². The number of methoxy groups -OCH3 is 1. The molecule has 0 aromatic heterocycles. The Morgan fingerprint density at radius 1 is 1.21 bits per heavy atom. The number of nitrogens with one attached hydrogen (secondary N) is 1. The lowest BCUT2D eigenvalue weighted by atomic mass is 9.84. The van der Waals surface area contributed by atoms with E-state index >= 15 is 0 Å². The molecule has 6 heteroatoms. The summed E-state index contributed by atoms with van der Waals surface area (Å²) in [4.78, 5) is 16.8. The maximum atomic E-state index is 11.8. The number of carbonyl (C=O) groups excluding carboxylic acids is 1. The molecular formula is C23H34N4O2. The largest absolute Gasteiger partial charge is 0.384 e. The van der Waals surface area contributed by atoms with Crippen molar-refractivity contribution in [3.8, 4) is 6.07 Å². The summed E-state index contributed by atoms with van der Waals surface area (Å²) in [5.41, 5.74) is 1.89. The van der Waals surface area contributed by atoms with E-state index in [4.69, 9.17) is 10.00 Å². The van der Waals surface area contributed by atoms with Crippen LogP contribution in [0.2, 0.25) is 0 Å². The van der Waals surface area contributed by atoms with Crippen LogP contribution < -0.4 is 10.2 Å². The molecule has 0 spiro atoms. The standard InChI is InChI=1S/C23H34N4O2/c1-29-16-10-23(28)25-21-7-5-19(6-8-21)9-11-26-12-14-27(15-13-26)22-4-2-3-20(17-22)18-24/h2-4,17,19,21H,5-16H2,1H3,(H,25,28)/t19-,21-. The molecule has 6 nitrogen and oxygen atoms in total. The summed E-state index contributed by atoms with van der Waals surface area (Å²) in [5, 5.41) is 12.2. The SMILES string of the molecule is COCCC(=O)N[C@H]1CC[C@H](CCN2CCN(c3cccc(C#N)c3)CC2)CC1. The first-order chi connectivity index (χ1) is 14.2. The first kappa shape index (κ1) is 21.6. The van der Waals surface area contributed by atoms with E-state index in [0.29, 0.717) is 19.1 Å². The van der Waals surface area contributed by atoms with Gasteiger partial charge in [-0.25, -0.2) is 0 Å². The molecule has 1 aliphatic heterocycles. The summed E-state index contributed by atoms with van der Waals surface area (Å²) in [6.07, 6.45) is 6.36. The molecule has 0 unspecified atom stereocenters. The maximum Gasteiger partial charge on any atom is 0.222 e. The molecule has 1 saturated carbocycles. The summed E-state index contributed by atoms with van der Waals surface area (Å²) in [5.74, 6) is 0.904. The van der Waals surface area contributed by atoms with Gasteiger partial charge in [-0.15, -0.1) is 0 Å². The van der Waals surface area contributed by atoms with Crippen LogP contribution in [-0.4, -0.2) is 63.3 Å². The molecule has 158 valence electrons. The second-order valence-corrected chi connectivity index (χ2v) is 8.31. The van der Waals surface area contributed by atoms with Crippen molar-refractivity contribution >= 4 is 11.6 Å². The molecule has 1 heterocycles. The number of amides is 1. The average molecular weight is 399 g/mol. The summed E-state index contributed by atoms with van der Waals surface area (Å²) in [7, 11) is 1.63. The van der Waals surface area contributed by atoms with E-state index in [9.17, 15) is 4.79 Å². The van der Waals surface area contributed by atoms with E-state index in [0.717, 1.165) is 56.2 Å². The topological polar surface area (TPSA) is 68.6 Å². The molecule has 0 radical (unpaired) electrons. The highest BCUT2D eigenvalue weighted by molar-refractivity contribution is 5.76. The molecule has 1 N–H and O–H groups in total. The molecule has 2 aliphatic rings. The third-order valence-corrected chi connectivity index (χ3v) is 6.31. The molecule has 0 bridgehead atoms. The van der Waals surface area contributed by atoms with Crippen molar-refractivity contribution < 1.29 is 9.53 Å². The van der Waals surface area contributed by atoms with Crippen LogP contribution in [0.1, 0.15) is 44.1 Å². The monoisotopic (exact) mass is 398 g/mol. The zero-order valence-electron chi connectivity index (χ0n) is 17.6. The van der Waals surface area contributed by atoms with Crippen molar-refractivity contribution in [1.82, 2.24) is 10.2 Å². The van der Waals surface area contributed by atoms with Crippen LogP contribution in [0.4, 0.5) is 5.69 Å². The summed E-state index contributed by atoms with van der Waals surface area (Å²) < 4.78 is 4.97. The van der Waals surface area contributed by atoms with Crippen molar-refractivity contribution in [2.45, 2.75) is 44.6 Å². The fourth-order valence-corrected chi connectivity index (χ4v) is 4.46. The number of nitrogens with zero attached hydrogens (tertiary/aromatic N) is 3. The molecule has 1 aromatic carbocycles. The van der Waals surface area contributed by atoms with Gasteiger partial charge in [-0.05, 0) is 62.8 Å². The minimum Gasteiger partial charge on any atom is -0.384 e. The Kier molecular flexibility index (Phi) is 8.33. The molecule has 1 aromatic rings. The minimum atomic E-state index is 0.119. The van der Waals surface area contributed by atoms with Gasteiger partial charge < -0.3 is 15.0 Å². The number of carbonyl (C=O) groups is 1. The van der Waals surface area contributed by atoms with Crippen LogP contribution in [0.3, 0.4) is 0 Å². The molecule has 1 saturated heterocycles. The predicted molar refractivity (Wildman–Crippen MR) is 115 cm³/mol. The normalized spacial score (nSPS) is 22.8. The molecule has 2 fully saturated rings. The van der Waals surface area contributed by atoms with Gasteiger partial charge in [-0.1, -0.05) is 6.07 Å². The summed E-state index contributed by atoms with van der Waals surface area (Å²) in [6, 6.07) is 10.5. The Morgan fingerprint density at radius 2 is 1.97 bits per heavy atom. The van der Waals surface area contributed by atoms with Gasteiger partial charge in [-0.2, -0.15) is 5.26 Å². The maximum absolute atomic E-state index is 11.8. The Hall–Kier alpha value is -2.10. The van der Waals surface area contributed by atoms with E-state index in [1.807, 2.05) is 18.2 Å². The van der Waals surface area contributed by atoms with Gasteiger partial charge >= 0.3 is 0 Å². The number of hydrogen-bond acceptors (Lipinski definition) is 5. The van der Waals surface area contributed by atoms with Crippen molar-refractivity contribution in [1.29, 1.82) is 5.26 Å². The highest BCUT2D eigenvalue weighted by Crippen LogP contribution is 2.27. The lowest BCUT2D eigenvalue weighted by molar-refractivity contribution is -0.122. The number of benzene rings is 1. The highest BCUT2D eigenvalue weighted by atomic mass is 16.5. The first-order valence-corrected chi connectivity index (χ1v) is 10.9. The van der Waals surface area contributed by atoms with Crippen molar-refractivity contribution in [3.63, 3.8) is 0 Å². The van der Waals surface area contributed by atoms with Crippen molar-refractivity contribution in [2.24, 2.45) is 5.92 Å². The highest BCUT2D eigenvalue weighted by Gasteiger charge is 2.24. The van der Waals surface area contributed by atoms with E-state index in [2.05, 4.69) is 27.3 Å². The zero-order valence-corrected chi connectivity index (χ0v) is 17.6. The van der Waals surface area contributed by atoms with Crippen molar-refractivity contribution in [3.05, 3.63) is 29.8 Å². The summed E-state index contributed by atoms with van der Waals surface area (Å²) in [6.45, 7) is 5.88. The van der Waals surface area contributed by atoms with E-state index < -0.39 is 0 Å². The third-order valence-electron chi connectivity index (χ3n) is 6.31. The van der Waals surface area contributed by atoms with Gasteiger partial charge in [0.2, 0.25) is 5.91 Å². The predicted octanol–water partition coefficient (Wildman–Crippen LogP) is 2.78. The van der Waals surface area contributed by atoms with Gasteiger partial charge in [0.1, 0.15) is 0 Å². The molecule has 0 atom stereocenters. The van der Waals surface area contributed by atoms with E-state index in [1.54, 1.807) is 7.11 Å². The van der Waals surface area contributed by atoms with E-state index in [-0.39, 0.29) is 5.91 Å². The van der Waals surface area contributed by atoms with Gasteiger partial charge in [0.05, 0.1) is 18.2 Å². The van der Waals surface area contributed by atoms with Gasteiger partial charge in [-0.3, -0.25) is 9.69 Å². The van der Waals surface area contributed by atoms with E-state index in [1.165, 1.54) is 25.8 Å². The lowest BCUT2D eigenvalue weighted by Crippen LogP contribution is -2.47. The number of ether oxygens (including phenoxy) is 1. The van der Waals surface area contributed by atoms with Crippen LogP contribution in [0.15, 0.2) is 24.3 Å². The molecule has 3 rings (SSSR count). The lowest BCUT2D eigenvalue weighted by Gasteiger charge is -2.37. The van der Waals surface area contributed by atoms with Gasteiger partial charge in [0.25, 0.3) is 0 Å². The molecule has 1 amide bonds. The van der Waals surface area contributed by atoms with Gasteiger partial charge in [0, 0.05) is 51.4 Å². The molecule has 29 heavy (non-hydrogen) atoms. The van der Waals surface area contributed by atoms with Crippen LogP contribution in [-0.2, 0) is 9.53 Å². The molecule has 1 aliphatic carbocycles. The van der Waals surface area contributed by atoms with Crippen LogP contribution >= 0.6 is 0 Å². The Balaban J connectivity index is 1.32. The van der Waals surface area contributed by atoms with Crippen LogP contribution in [0, 0.1) is 17.2 Å².